The molecule has 6 atom stereocenters. The van der Waals surface area contributed by atoms with Crippen molar-refractivity contribution in [1.29, 1.82) is 0 Å². The van der Waals surface area contributed by atoms with Crippen LogP contribution in [-0.4, -0.2) is 89.5 Å². The summed E-state index contributed by atoms with van der Waals surface area (Å²) in [4.78, 5) is 57.8. The summed E-state index contributed by atoms with van der Waals surface area (Å²) < 4.78 is 7.57. The average molecular weight is 986 g/mol. The summed E-state index contributed by atoms with van der Waals surface area (Å²) in [5.41, 5.74) is 17.8. The molecule has 18 nitrogen and oxygen atoms in total. The maximum Gasteiger partial charge on any atom is 0.225 e. The van der Waals surface area contributed by atoms with Gasteiger partial charge in [-0.05, 0) is 122 Å². The van der Waals surface area contributed by atoms with E-state index in [-0.39, 0.29) is 34.7 Å². The number of anilines is 1. The summed E-state index contributed by atoms with van der Waals surface area (Å²) in [6.45, 7) is 15.7. The average Bonchev–Trinajstić information content (AvgIpc) is 4.25. The number of hydrogen-bond donors (Lipinski definition) is 1. The Balaban J connectivity index is 0.000000118. The quantitative estimate of drug-likeness (QED) is 0.122. The van der Waals surface area contributed by atoms with E-state index in [2.05, 4.69) is 91.9 Å². The first-order valence-electron chi connectivity index (χ1n) is 22.1. The first-order valence-corrected chi connectivity index (χ1v) is 23.6. The third-order valence-electron chi connectivity index (χ3n) is 12.3. The molecular formula is C47H50BrClN16O2. The highest BCUT2D eigenvalue weighted by molar-refractivity contribution is 9.09. The fourth-order valence-electron chi connectivity index (χ4n) is 8.12. The first-order chi connectivity index (χ1) is 32.1. The summed E-state index contributed by atoms with van der Waals surface area (Å²) in [5.74, 6) is 4.23. The van der Waals surface area contributed by atoms with Gasteiger partial charge in [0.25, 0.3) is 0 Å². The van der Waals surface area contributed by atoms with Gasteiger partial charge in [0, 0.05) is 72.7 Å². The highest BCUT2D eigenvalue weighted by atomic mass is 79.9. The van der Waals surface area contributed by atoms with E-state index in [1.807, 2.05) is 75.8 Å². The topological polar surface area (TPSA) is 220 Å². The Labute approximate surface area is 399 Å². The van der Waals surface area contributed by atoms with E-state index in [1.54, 1.807) is 23.1 Å². The zero-order valence-electron chi connectivity index (χ0n) is 38.4. The van der Waals surface area contributed by atoms with Crippen molar-refractivity contribution in [3.63, 3.8) is 0 Å². The van der Waals surface area contributed by atoms with Crippen molar-refractivity contribution < 1.29 is 9.59 Å². The van der Waals surface area contributed by atoms with Crippen molar-refractivity contribution in [2.45, 2.75) is 98.3 Å². The normalized spacial score (nSPS) is 20.1. The van der Waals surface area contributed by atoms with Gasteiger partial charge in [-0.1, -0.05) is 15.9 Å². The van der Waals surface area contributed by atoms with E-state index >= 15 is 0 Å². The molecule has 0 bridgehead atoms. The number of alkyl halides is 1. The van der Waals surface area contributed by atoms with Crippen LogP contribution in [0.1, 0.15) is 111 Å². The standard InChI is InChI=1S/C18H18N6.C12H13BrN4O.C11H11ClN4O.C6H8N2/c1-10-4-5-23-9-15(20-16(23)6-10)13-7-14(13)17-21-18-12(3)19-8-11(2)24(18)22-17;1-6-5-14-7(2)12-15-11(16-17(6)12)9-3-8(9)10(18)4-13;1-5-4-13-6(2)11-14-10(15-16(5)11)8-3-7(8)9(12)17;1-5-2-3-8-6(7)4-5/h4-6,8-9,13-14H,7H2,1-3H3;5,8-9H,3-4H2,1-2H3;4,7-8H,3H2,1-2H3;2-4H,1H3,(H2,7,8). The van der Waals surface area contributed by atoms with Gasteiger partial charge in [-0.15, -0.1) is 0 Å². The zero-order valence-corrected chi connectivity index (χ0v) is 40.8. The van der Waals surface area contributed by atoms with E-state index < -0.39 is 0 Å². The molecule has 6 unspecified atom stereocenters. The molecule has 9 aromatic rings. The van der Waals surface area contributed by atoms with Crippen LogP contribution >= 0.6 is 27.5 Å². The summed E-state index contributed by atoms with van der Waals surface area (Å²) in [7, 11) is 0. The molecule has 12 rings (SSSR count). The number of nitrogen functional groups attached to an aromatic ring is 1. The highest BCUT2D eigenvalue weighted by Gasteiger charge is 2.47. The van der Waals surface area contributed by atoms with Crippen LogP contribution in [0.5, 0.6) is 0 Å². The summed E-state index contributed by atoms with van der Waals surface area (Å²) in [6.07, 6.45) is 14.0. The van der Waals surface area contributed by atoms with Crippen LogP contribution in [0.25, 0.3) is 22.6 Å². The maximum atomic E-state index is 11.6. The lowest BCUT2D eigenvalue weighted by molar-refractivity contribution is -0.117. The second-order valence-corrected chi connectivity index (χ2v) is 18.6. The number of carbonyl (C=O) groups is 2. The number of ketones is 1. The van der Waals surface area contributed by atoms with Gasteiger partial charge in [0.1, 0.15) is 17.2 Å². The number of aromatic nitrogens is 15. The predicted molar refractivity (Wildman–Crippen MR) is 256 cm³/mol. The maximum absolute atomic E-state index is 11.6. The number of fused-ring (bicyclic) bond motifs is 4. The number of Topliss-reactive ketones (excluding diaryl/α,β-unsaturated/α-hetero) is 1. The highest BCUT2D eigenvalue weighted by Crippen LogP contribution is 2.53. The second-order valence-electron chi connectivity index (χ2n) is 17.7. The Hall–Kier alpha value is -6.60. The Morgan fingerprint density at radius 2 is 1.13 bits per heavy atom. The van der Waals surface area contributed by atoms with Gasteiger partial charge in [0.2, 0.25) is 5.24 Å². The largest absolute Gasteiger partial charge is 0.384 e. The van der Waals surface area contributed by atoms with Gasteiger partial charge in [-0.3, -0.25) is 24.5 Å². The van der Waals surface area contributed by atoms with Crippen molar-refractivity contribution in [2.75, 3.05) is 11.1 Å². The molecule has 0 spiro atoms. The molecule has 0 aliphatic heterocycles. The summed E-state index contributed by atoms with van der Waals surface area (Å²) in [6, 6.07) is 7.96. The summed E-state index contributed by atoms with van der Waals surface area (Å²) >= 11 is 8.68. The number of rotatable bonds is 7. The molecule has 3 aliphatic carbocycles. The van der Waals surface area contributed by atoms with Crippen LogP contribution < -0.4 is 5.73 Å². The minimum atomic E-state index is -0.291. The van der Waals surface area contributed by atoms with Gasteiger partial charge in [-0.25, -0.2) is 38.5 Å². The first kappa shape index (κ1) is 45.6. The number of halogens is 2. The van der Waals surface area contributed by atoms with E-state index in [9.17, 15) is 9.59 Å². The lowest BCUT2D eigenvalue weighted by Crippen LogP contribution is -2.03. The molecule has 20 heteroatoms. The Kier molecular flexibility index (Phi) is 12.4. The van der Waals surface area contributed by atoms with E-state index in [0.717, 1.165) is 98.9 Å². The van der Waals surface area contributed by atoms with Crippen LogP contribution in [0.15, 0.2) is 61.4 Å². The minimum Gasteiger partial charge on any atom is -0.384 e. The number of pyridine rings is 2. The number of nitrogens with zero attached hydrogens (tertiary/aromatic N) is 15. The van der Waals surface area contributed by atoms with Crippen LogP contribution in [0.3, 0.4) is 0 Å². The van der Waals surface area contributed by atoms with Crippen LogP contribution in [0.4, 0.5) is 5.82 Å². The lowest BCUT2D eigenvalue weighted by Gasteiger charge is -1.97. The molecule has 344 valence electrons. The van der Waals surface area contributed by atoms with Gasteiger partial charge < -0.3 is 10.1 Å². The molecule has 9 heterocycles. The molecule has 2 N–H and O–H groups in total. The van der Waals surface area contributed by atoms with Gasteiger partial charge >= 0.3 is 0 Å². The monoisotopic (exact) mass is 984 g/mol. The molecule has 3 fully saturated rings. The third kappa shape index (κ3) is 9.52. The van der Waals surface area contributed by atoms with Crippen molar-refractivity contribution in [3.8, 4) is 0 Å². The Morgan fingerprint density at radius 3 is 1.58 bits per heavy atom. The predicted octanol–water partition coefficient (Wildman–Crippen LogP) is 7.36. The van der Waals surface area contributed by atoms with Gasteiger partial charge in [0.05, 0.1) is 45.2 Å². The molecular weight excluding hydrogens is 936 g/mol. The third-order valence-corrected chi connectivity index (χ3v) is 13.2. The van der Waals surface area contributed by atoms with Crippen molar-refractivity contribution in [2.24, 2.45) is 11.8 Å². The van der Waals surface area contributed by atoms with Gasteiger partial charge in [-0.2, -0.15) is 15.3 Å². The fraction of sp³-hybridized carbons (Fsp3) is 0.383. The molecule has 0 radical (unpaired) electrons. The van der Waals surface area contributed by atoms with Crippen molar-refractivity contribution in [1.82, 2.24) is 73.1 Å². The molecule has 0 amide bonds. The number of nitrogens with two attached hydrogens (primary N) is 1. The Morgan fingerprint density at radius 1 is 0.642 bits per heavy atom. The van der Waals surface area contributed by atoms with E-state index in [1.165, 1.54) is 5.56 Å². The fourth-order valence-corrected chi connectivity index (χ4v) is 8.78. The van der Waals surface area contributed by atoms with Crippen LogP contribution in [-0.2, 0) is 9.59 Å². The van der Waals surface area contributed by atoms with Crippen molar-refractivity contribution >= 4 is 67.0 Å². The SMILES string of the molecule is Cc1ccn2cc(C3CC3c3nc4c(C)ncc(C)n4n3)nc2c1.Cc1ccnc(N)c1.Cc1ncc(C)n2nc(C3CC3C(=O)CBr)nc12.Cc1ncc(C)n2nc(C3CC3C(=O)Cl)nc12. The number of imidazole rings is 1. The number of carbonyl (C=O) groups excluding carboxylic acids is 2. The van der Waals surface area contributed by atoms with E-state index in [0.29, 0.717) is 28.8 Å². The molecule has 3 aliphatic rings. The minimum absolute atomic E-state index is 0.0821. The van der Waals surface area contributed by atoms with E-state index in [4.69, 9.17) is 32.4 Å². The van der Waals surface area contributed by atoms with Crippen LogP contribution in [0, 0.1) is 67.2 Å². The van der Waals surface area contributed by atoms with Gasteiger partial charge in [0.15, 0.2) is 34.4 Å². The van der Waals surface area contributed by atoms with Crippen molar-refractivity contribution in [3.05, 3.63) is 130 Å². The summed E-state index contributed by atoms with van der Waals surface area (Å²) in [5, 5.41) is 13.8. The lowest BCUT2D eigenvalue weighted by atomic mass is 10.2. The number of hydrogen-bond acceptors (Lipinski definition) is 14. The zero-order chi connectivity index (χ0) is 47.4. The molecule has 0 aromatic carbocycles. The Bertz CT molecular complexity index is 3220. The van der Waals surface area contributed by atoms with Crippen LogP contribution in [0.2, 0.25) is 0 Å². The molecule has 9 aromatic heterocycles. The smallest absolute Gasteiger partial charge is 0.225 e. The molecule has 0 saturated heterocycles. The number of aryl methyl sites for hydroxylation is 8. The second kappa shape index (κ2) is 18.2. The molecule has 67 heavy (non-hydrogen) atoms. The molecule has 3 saturated carbocycles.